The highest BCUT2D eigenvalue weighted by atomic mass is 16.2. The Morgan fingerprint density at radius 3 is 2.19 bits per heavy atom. The van der Waals surface area contributed by atoms with Gasteiger partial charge in [0.25, 0.3) is 0 Å². The molecule has 1 N–H and O–H groups in total. The molecule has 2 atom stereocenters. The first kappa shape index (κ1) is 25.0. The minimum atomic E-state index is -0.452. The van der Waals surface area contributed by atoms with Crippen LogP contribution in [0.25, 0.3) is 0 Å². The number of benzene rings is 3. The SMILES string of the molecule is CCCCCC(=O)N1c2ccccc2NC2=C(C(=O)C[C@@H](c3ccc(C)cc3)C2)[C@H]1c1ccc(C)cc1. The summed E-state index contributed by atoms with van der Waals surface area (Å²) in [5.41, 5.74) is 7.90. The van der Waals surface area contributed by atoms with Crippen LogP contribution >= 0.6 is 0 Å². The molecule has 1 aliphatic heterocycles. The molecule has 0 saturated heterocycles. The van der Waals surface area contributed by atoms with Crippen LogP contribution in [0.3, 0.4) is 0 Å². The number of carbonyl (C=O) groups is 2. The quantitative estimate of drug-likeness (QED) is 0.357. The van der Waals surface area contributed by atoms with E-state index in [1.807, 2.05) is 29.2 Å². The molecule has 0 saturated carbocycles. The normalized spacial score (nSPS) is 19.1. The number of hydrogen-bond acceptors (Lipinski definition) is 3. The number of anilines is 2. The number of unbranched alkanes of at least 4 members (excludes halogenated alkanes) is 2. The molecule has 0 fully saturated rings. The fraction of sp³-hybridized carbons (Fsp3) is 0.333. The van der Waals surface area contributed by atoms with Gasteiger partial charge in [0.15, 0.2) is 5.78 Å². The topological polar surface area (TPSA) is 49.4 Å². The second-order valence-corrected chi connectivity index (χ2v) is 10.5. The van der Waals surface area contributed by atoms with Crippen molar-refractivity contribution >= 4 is 23.1 Å². The van der Waals surface area contributed by atoms with Gasteiger partial charge in [0, 0.05) is 24.1 Å². The Balaban J connectivity index is 1.65. The van der Waals surface area contributed by atoms with Crippen molar-refractivity contribution in [1.82, 2.24) is 0 Å². The lowest BCUT2D eigenvalue weighted by Crippen LogP contribution is -2.38. The molecule has 0 aromatic heterocycles. The maximum Gasteiger partial charge on any atom is 0.227 e. The summed E-state index contributed by atoms with van der Waals surface area (Å²) in [7, 11) is 0. The summed E-state index contributed by atoms with van der Waals surface area (Å²) >= 11 is 0. The zero-order valence-corrected chi connectivity index (χ0v) is 22.1. The molecule has 0 spiro atoms. The molecule has 190 valence electrons. The van der Waals surface area contributed by atoms with Crippen molar-refractivity contribution in [2.24, 2.45) is 0 Å². The van der Waals surface area contributed by atoms with Gasteiger partial charge in [0.1, 0.15) is 0 Å². The molecule has 0 radical (unpaired) electrons. The van der Waals surface area contributed by atoms with Gasteiger partial charge in [-0.3, -0.25) is 14.5 Å². The number of hydrogen-bond donors (Lipinski definition) is 1. The standard InChI is InChI=1S/C33H36N2O2/c1-4-5-6-11-31(37)35-29-10-8-7-9-27(29)34-28-20-26(24-16-12-22(2)13-17-24)21-30(36)32(28)33(35)25-18-14-23(3)15-19-25/h7-10,12-19,26,33-34H,4-6,11,20-21H2,1-3H3/t26-,33+/m0/s1. The van der Waals surface area contributed by atoms with Gasteiger partial charge in [-0.1, -0.05) is 91.6 Å². The predicted octanol–water partition coefficient (Wildman–Crippen LogP) is 7.78. The van der Waals surface area contributed by atoms with Crippen molar-refractivity contribution in [3.8, 4) is 0 Å². The fourth-order valence-electron chi connectivity index (χ4n) is 5.65. The van der Waals surface area contributed by atoms with Crippen LogP contribution in [0, 0.1) is 13.8 Å². The van der Waals surface area contributed by atoms with Gasteiger partial charge in [-0.25, -0.2) is 0 Å². The number of nitrogens with zero attached hydrogens (tertiary/aromatic N) is 1. The largest absolute Gasteiger partial charge is 0.357 e. The van der Waals surface area contributed by atoms with E-state index < -0.39 is 6.04 Å². The van der Waals surface area contributed by atoms with Crippen molar-refractivity contribution in [3.05, 3.63) is 106 Å². The van der Waals surface area contributed by atoms with Crippen LogP contribution in [0.5, 0.6) is 0 Å². The number of nitrogens with one attached hydrogen (secondary N) is 1. The Morgan fingerprint density at radius 1 is 0.865 bits per heavy atom. The second kappa shape index (κ2) is 10.8. The molecule has 3 aromatic rings. The third-order valence-electron chi connectivity index (χ3n) is 7.69. The Kier molecular flexibility index (Phi) is 7.27. The molecule has 1 amide bonds. The van der Waals surface area contributed by atoms with Crippen LogP contribution in [-0.2, 0) is 9.59 Å². The lowest BCUT2D eigenvalue weighted by Gasteiger charge is -2.35. The zero-order valence-electron chi connectivity index (χ0n) is 22.1. The lowest BCUT2D eigenvalue weighted by atomic mass is 9.78. The van der Waals surface area contributed by atoms with Crippen LogP contribution in [0.1, 0.15) is 79.7 Å². The highest BCUT2D eigenvalue weighted by Gasteiger charge is 2.41. The smallest absolute Gasteiger partial charge is 0.227 e. The highest BCUT2D eigenvalue weighted by molar-refractivity contribution is 6.06. The van der Waals surface area contributed by atoms with Crippen LogP contribution in [0.2, 0.25) is 0 Å². The van der Waals surface area contributed by atoms with Crippen molar-refractivity contribution in [2.75, 3.05) is 10.2 Å². The number of Topliss-reactive ketones (excluding diaryl/α,β-unsaturated/α-hetero) is 1. The van der Waals surface area contributed by atoms with Crippen molar-refractivity contribution in [1.29, 1.82) is 0 Å². The van der Waals surface area contributed by atoms with E-state index in [0.29, 0.717) is 12.8 Å². The number of fused-ring (bicyclic) bond motifs is 1. The summed E-state index contributed by atoms with van der Waals surface area (Å²) in [5.74, 6) is 0.288. The fourth-order valence-corrected chi connectivity index (χ4v) is 5.65. The van der Waals surface area contributed by atoms with Crippen LogP contribution < -0.4 is 10.2 Å². The van der Waals surface area contributed by atoms with Gasteiger partial charge in [-0.15, -0.1) is 0 Å². The monoisotopic (exact) mass is 492 g/mol. The molecule has 0 bridgehead atoms. The van der Waals surface area contributed by atoms with E-state index in [1.165, 1.54) is 11.1 Å². The van der Waals surface area contributed by atoms with E-state index in [1.54, 1.807) is 0 Å². The van der Waals surface area contributed by atoms with Gasteiger partial charge < -0.3 is 5.32 Å². The number of aryl methyl sites for hydroxylation is 2. The number of amides is 1. The summed E-state index contributed by atoms with van der Waals surface area (Å²) in [6, 6.07) is 24.3. The minimum absolute atomic E-state index is 0.0653. The zero-order chi connectivity index (χ0) is 25.9. The second-order valence-electron chi connectivity index (χ2n) is 10.5. The average molecular weight is 493 g/mol. The molecule has 5 rings (SSSR count). The summed E-state index contributed by atoms with van der Waals surface area (Å²) in [6.45, 7) is 6.29. The van der Waals surface area contributed by atoms with Crippen LogP contribution in [-0.4, -0.2) is 11.7 Å². The predicted molar refractivity (Wildman–Crippen MR) is 151 cm³/mol. The van der Waals surface area contributed by atoms with Gasteiger partial charge in [0.05, 0.1) is 17.4 Å². The van der Waals surface area contributed by atoms with Crippen LogP contribution in [0.15, 0.2) is 84.1 Å². The third kappa shape index (κ3) is 5.11. The Hall–Kier alpha value is -3.66. The first-order valence-electron chi connectivity index (χ1n) is 13.5. The first-order valence-corrected chi connectivity index (χ1v) is 13.5. The summed E-state index contributed by atoms with van der Waals surface area (Å²) in [4.78, 5) is 29.8. The van der Waals surface area contributed by atoms with Gasteiger partial charge in [-0.05, 0) is 55.9 Å². The molecule has 1 heterocycles. The Bertz CT molecular complexity index is 1320. The maximum absolute atomic E-state index is 14.0. The number of ketones is 1. The molecular weight excluding hydrogens is 456 g/mol. The van der Waals surface area contributed by atoms with Crippen LogP contribution in [0.4, 0.5) is 11.4 Å². The Labute approximate surface area is 220 Å². The van der Waals surface area contributed by atoms with E-state index in [2.05, 4.69) is 74.6 Å². The van der Waals surface area contributed by atoms with E-state index in [-0.39, 0.29) is 17.6 Å². The molecule has 4 heteroatoms. The van der Waals surface area contributed by atoms with Gasteiger partial charge >= 0.3 is 0 Å². The van der Waals surface area contributed by atoms with Crippen molar-refractivity contribution < 1.29 is 9.59 Å². The lowest BCUT2D eigenvalue weighted by molar-refractivity contribution is -0.119. The molecule has 3 aromatic carbocycles. The molecule has 0 unspecified atom stereocenters. The maximum atomic E-state index is 14.0. The van der Waals surface area contributed by atoms with E-state index in [9.17, 15) is 9.59 Å². The molecule has 4 nitrogen and oxygen atoms in total. The van der Waals surface area contributed by atoms with Crippen molar-refractivity contribution in [2.45, 2.75) is 71.3 Å². The number of carbonyl (C=O) groups excluding carboxylic acids is 2. The molecule has 2 aliphatic rings. The van der Waals surface area contributed by atoms with Crippen molar-refractivity contribution in [3.63, 3.8) is 0 Å². The summed E-state index contributed by atoms with van der Waals surface area (Å²) in [6.07, 6.45) is 4.56. The van der Waals surface area contributed by atoms with E-state index in [4.69, 9.17) is 0 Å². The summed E-state index contributed by atoms with van der Waals surface area (Å²) < 4.78 is 0. The average Bonchev–Trinajstić information content (AvgIpc) is 3.04. The van der Waals surface area contributed by atoms with Gasteiger partial charge in [-0.2, -0.15) is 0 Å². The number of allylic oxidation sites excluding steroid dienone is 1. The highest BCUT2D eigenvalue weighted by Crippen LogP contribution is 2.47. The Morgan fingerprint density at radius 2 is 1.51 bits per heavy atom. The molecule has 1 aliphatic carbocycles. The summed E-state index contributed by atoms with van der Waals surface area (Å²) in [5, 5.41) is 3.63. The first-order chi connectivity index (χ1) is 18.0. The number of rotatable bonds is 6. The van der Waals surface area contributed by atoms with E-state index >= 15 is 0 Å². The van der Waals surface area contributed by atoms with Gasteiger partial charge in [0.2, 0.25) is 5.91 Å². The van der Waals surface area contributed by atoms with E-state index in [0.717, 1.165) is 59.5 Å². The minimum Gasteiger partial charge on any atom is -0.357 e. The molecule has 37 heavy (non-hydrogen) atoms. The third-order valence-corrected chi connectivity index (χ3v) is 7.69. The molecular formula is C33H36N2O2. The number of para-hydroxylation sites is 2.